The van der Waals surface area contributed by atoms with Crippen LogP contribution in [0.15, 0.2) is 48.8 Å². The lowest BCUT2D eigenvalue weighted by Gasteiger charge is -2.11. The zero-order chi connectivity index (χ0) is 21.7. The monoisotopic (exact) mass is 422 g/mol. The number of aryl methyl sites for hydroxylation is 1. The Kier molecular flexibility index (Phi) is 4.52. The Hall–Kier alpha value is -3.43. The number of nitrogens with zero attached hydrogens (tertiary/aromatic N) is 3. The molecule has 0 amide bonds. The van der Waals surface area contributed by atoms with E-state index in [1.807, 2.05) is 0 Å². The van der Waals surface area contributed by atoms with Gasteiger partial charge in [0.05, 0.1) is 27.9 Å². The number of halogens is 6. The van der Waals surface area contributed by atoms with Gasteiger partial charge >= 0.3 is 12.4 Å². The molecule has 30 heavy (non-hydrogen) atoms. The number of alkyl halides is 6. The average Bonchev–Trinajstić information content (AvgIpc) is 3.12. The van der Waals surface area contributed by atoms with Crippen LogP contribution in [0.4, 0.5) is 26.3 Å². The Balaban J connectivity index is 1.74. The number of aromatic nitrogens is 4. The molecule has 0 bridgehead atoms. The van der Waals surface area contributed by atoms with Crippen molar-refractivity contribution >= 4 is 11.0 Å². The van der Waals surface area contributed by atoms with Crippen LogP contribution in [0.2, 0.25) is 0 Å². The van der Waals surface area contributed by atoms with Crippen molar-refractivity contribution in [3.63, 3.8) is 0 Å². The number of fused-ring (bicyclic) bond motifs is 1. The lowest BCUT2D eigenvalue weighted by molar-refractivity contribution is -0.138. The maximum Gasteiger partial charge on any atom is 0.418 e. The molecular formula is C20H12F6N4. The molecule has 1 aromatic carbocycles. The highest BCUT2D eigenvalue weighted by molar-refractivity contribution is 5.83. The van der Waals surface area contributed by atoms with E-state index >= 15 is 0 Å². The van der Waals surface area contributed by atoms with E-state index in [1.54, 1.807) is 0 Å². The third kappa shape index (κ3) is 3.60. The van der Waals surface area contributed by atoms with Crippen molar-refractivity contribution in [2.45, 2.75) is 19.3 Å². The van der Waals surface area contributed by atoms with E-state index in [2.05, 4.69) is 19.9 Å². The van der Waals surface area contributed by atoms with Crippen LogP contribution in [0.1, 0.15) is 16.7 Å². The first-order chi connectivity index (χ1) is 14.0. The Morgan fingerprint density at radius 2 is 1.67 bits per heavy atom. The highest BCUT2D eigenvalue weighted by Crippen LogP contribution is 2.36. The molecule has 10 heteroatoms. The molecule has 0 unspecified atom stereocenters. The maximum atomic E-state index is 13.2. The second kappa shape index (κ2) is 6.82. The van der Waals surface area contributed by atoms with Crippen LogP contribution in [0, 0.1) is 6.92 Å². The fraction of sp³-hybridized carbons (Fsp3) is 0.150. The van der Waals surface area contributed by atoms with Crippen molar-refractivity contribution in [2.24, 2.45) is 0 Å². The third-order valence-corrected chi connectivity index (χ3v) is 4.50. The molecule has 154 valence electrons. The lowest BCUT2D eigenvalue weighted by atomic mass is 10.1. The summed E-state index contributed by atoms with van der Waals surface area (Å²) in [7, 11) is 0. The average molecular weight is 422 g/mol. The Morgan fingerprint density at radius 3 is 2.30 bits per heavy atom. The summed E-state index contributed by atoms with van der Waals surface area (Å²) in [5.41, 5.74) is -0.660. The van der Waals surface area contributed by atoms with Crippen LogP contribution in [0.5, 0.6) is 0 Å². The first-order valence-electron chi connectivity index (χ1n) is 8.60. The predicted molar refractivity (Wildman–Crippen MR) is 97.3 cm³/mol. The molecule has 4 rings (SSSR count). The highest BCUT2D eigenvalue weighted by Gasteiger charge is 2.34. The van der Waals surface area contributed by atoms with Crippen LogP contribution in [-0.4, -0.2) is 19.9 Å². The number of H-pyrrole nitrogens is 1. The molecule has 0 fully saturated rings. The molecule has 3 aromatic heterocycles. The van der Waals surface area contributed by atoms with E-state index in [9.17, 15) is 26.3 Å². The van der Waals surface area contributed by atoms with Gasteiger partial charge in [0.1, 0.15) is 5.69 Å². The Bertz CT molecular complexity index is 1220. The normalized spacial score (nSPS) is 12.5. The summed E-state index contributed by atoms with van der Waals surface area (Å²) in [6.45, 7) is 1.51. The van der Waals surface area contributed by atoms with Gasteiger partial charge in [0.25, 0.3) is 0 Å². The number of imidazole rings is 1. The predicted octanol–water partition coefficient (Wildman–Crippen LogP) is 6.03. The third-order valence-electron chi connectivity index (χ3n) is 4.50. The largest absolute Gasteiger partial charge is 0.418 e. The zero-order valence-corrected chi connectivity index (χ0v) is 15.2. The molecule has 0 aliphatic carbocycles. The van der Waals surface area contributed by atoms with Gasteiger partial charge in [-0.3, -0.25) is 9.97 Å². The van der Waals surface area contributed by atoms with Crippen molar-refractivity contribution in [1.82, 2.24) is 19.9 Å². The molecule has 0 saturated heterocycles. The van der Waals surface area contributed by atoms with E-state index in [4.69, 9.17) is 0 Å². The molecule has 3 heterocycles. The van der Waals surface area contributed by atoms with Crippen molar-refractivity contribution in [3.05, 3.63) is 65.5 Å². The van der Waals surface area contributed by atoms with E-state index in [1.165, 1.54) is 37.5 Å². The highest BCUT2D eigenvalue weighted by atomic mass is 19.4. The fourth-order valence-corrected chi connectivity index (χ4v) is 3.11. The SMILES string of the molecule is Cc1cc(C(F)(F)F)cc2[nH]c(-c3ccc(-c4ncccc4C(F)(F)F)cn3)nc12. The van der Waals surface area contributed by atoms with Gasteiger partial charge in [-0.2, -0.15) is 26.3 Å². The van der Waals surface area contributed by atoms with Crippen LogP contribution in [-0.2, 0) is 12.4 Å². The number of benzene rings is 1. The minimum atomic E-state index is -4.57. The topological polar surface area (TPSA) is 54.5 Å². The quantitative estimate of drug-likeness (QED) is 0.401. The lowest BCUT2D eigenvalue weighted by Crippen LogP contribution is -2.08. The molecule has 0 radical (unpaired) electrons. The standard InChI is InChI=1S/C20H12F6N4/c1-10-7-12(19(21,22)23)8-15-16(10)30-18(29-15)14-5-4-11(9-28-14)17-13(20(24,25)26)3-2-6-27-17/h2-9H,1H3,(H,29,30). The molecule has 0 aliphatic rings. The molecule has 0 atom stereocenters. The molecule has 0 aliphatic heterocycles. The first-order valence-corrected chi connectivity index (χ1v) is 8.60. The van der Waals surface area contributed by atoms with E-state index in [0.29, 0.717) is 11.1 Å². The van der Waals surface area contributed by atoms with Gasteiger partial charge in [0.15, 0.2) is 5.82 Å². The van der Waals surface area contributed by atoms with Crippen LogP contribution < -0.4 is 0 Å². The molecule has 0 saturated carbocycles. The second-order valence-corrected chi connectivity index (χ2v) is 6.60. The van der Waals surface area contributed by atoms with Gasteiger partial charge in [-0.25, -0.2) is 4.98 Å². The van der Waals surface area contributed by atoms with Crippen molar-refractivity contribution in [3.8, 4) is 22.8 Å². The molecule has 4 nitrogen and oxygen atoms in total. The van der Waals surface area contributed by atoms with Gasteiger partial charge in [0.2, 0.25) is 0 Å². The summed E-state index contributed by atoms with van der Waals surface area (Å²) in [6.07, 6.45) is -6.61. The number of hydrogen-bond donors (Lipinski definition) is 1. The number of aromatic amines is 1. The fourth-order valence-electron chi connectivity index (χ4n) is 3.11. The molecule has 0 spiro atoms. The summed E-state index contributed by atoms with van der Waals surface area (Å²) in [6, 6.07) is 6.92. The summed E-state index contributed by atoms with van der Waals surface area (Å²) >= 11 is 0. The summed E-state index contributed by atoms with van der Waals surface area (Å²) in [4.78, 5) is 15.0. The molecule has 4 aromatic rings. The smallest absolute Gasteiger partial charge is 0.337 e. The van der Waals surface area contributed by atoms with E-state index < -0.39 is 23.5 Å². The van der Waals surface area contributed by atoms with Crippen LogP contribution in [0.25, 0.3) is 33.8 Å². The Labute approximate surface area is 165 Å². The van der Waals surface area contributed by atoms with Crippen molar-refractivity contribution in [1.29, 1.82) is 0 Å². The minimum Gasteiger partial charge on any atom is -0.337 e. The van der Waals surface area contributed by atoms with Crippen molar-refractivity contribution < 1.29 is 26.3 Å². The van der Waals surface area contributed by atoms with Gasteiger partial charge in [0, 0.05) is 18.0 Å². The van der Waals surface area contributed by atoms with E-state index in [-0.39, 0.29) is 28.3 Å². The second-order valence-electron chi connectivity index (χ2n) is 6.60. The van der Waals surface area contributed by atoms with Crippen LogP contribution in [0.3, 0.4) is 0 Å². The summed E-state index contributed by atoms with van der Waals surface area (Å²) < 4.78 is 78.6. The number of pyridine rings is 2. The number of nitrogens with one attached hydrogen (secondary N) is 1. The number of hydrogen-bond acceptors (Lipinski definition) is 3. The van der Waals surface area contributed by atoms with Gasteiger partial charge in [-0.15, -0.1) is 0 Å². The first kappa shape index (κ1) is 19.9. The molecule has 1 N–H and O–H groups in total. The maximum absolute atomic E-state index is 13.2. The van der Waals surface area contributed by atoms with Gasteiger partial charge in [-0.05, 0) is 48.9 Å². The number of rotatable bonds is 2. The minimum absolute atomic E-state index is 0.151. The van der Waals surface area contributed by atoms with Crippen molar-refractivity contribution in [2.75, 3.05) is 0 Å². The van der Waals surface area contributed by atoms with Gasteiger partial charge < -0.3 is 4.98 Å². The van der Waals surface area contributed by atoms with E-state index in [0.717, 1.165) is 18.2 Å². The van der Waals surface area contributed by atoms with Crippen LogP contribution >= 0.6 is 0 Å². The molecular weight excluding hydrogens is 410 g/mol. The zero-order valence-electron chi connectivity index (χ0n) is 15.2. The Morgan fingerprint density at radius 1 is 0.900 bits per heavy atom. The summed E-state index contributed by atoms with van der Waals surface area (Å²) in [5, 5.41) is 0. The summed E-state index contributed by atoms with van der Waals surface area (Å²) in [5.74, 6) is 0.205. The van der Waals surface area contributed by atoms with Gasteiger partial charge in [-0.1, -0.05) is 0 Å².